The molecule has 1 saturated carbocycles. The molecule has 0 amide bonds. The third-order valence-corrected chi connectivity index (χ3v) is 4.72. The maximum absolute atomic E-state index is 12.2. The number of rotatable bonds is 5. The molecule has 0 bridgehead atoms. The Morgan fingerprint density at radius 2 is 2.12 bits per heavy atom. The summed E-state index contributed by atoms with van der Waals surface area (Å²) in [6, 6.07) is 2.22. The lowest BCUT2D eigenvalue weighted by atomic mass is 9.75. The van der Waals surface area contributed by atoms with Gasteiger partial charge in [-0.2, -0.15) is 0 Å². The molecule has 7 heteroatoms. The molecule has 1 aromatic rings. The molecule has 24 heavy (non-hydrogen) atoms. The molecule has 1 heterocycles. The van der Waals surface area contributed by atoms with E-state index in [1.807, 2.05) is 0 Å². The molecule has 0 radical (unpaired) electrons. The third-order valence-electron chi connectivity index (χ3n) is 4.72. The second kappa shape index (κ2) is 7.59. The predicted molar refractivity (Wildman–Crippen MR) is 88.6 cm³/mol. The number of hydrogen-bond acceptors (Lipinski definition) is 5. The molecule has 1 fully saturated rings. The van der Waals surface area contributed by atoms with Crippen LogP contribution in [0.4, 0.5) is 5.69 Å². The van der Waals surface area contributed by atoms with Gasteiger partial charge in [-0.05, 0) is 30.6 Å². The highest BCUT2D eigenvalue weighted by Gasteiger charge is 2.33. The van der Waals surface area contributed by atoms with Crippen LogP contribution >= 0.6 is 0 Å². The summed E-state index contributed by atoms with van der Waals surface area (Å²) in [6.07, 6.45) is 3.89. The van der Waals surface area contributed by atoms with E-state index in [9.17, 15) is 19.7 Å². The van der Waals surface area contributed by atoms with Gasteiger partial charge in [0, 0.05) is 12.1 Å². The highest BCUT2D eigenvalue weighted by molar-refractivity contribution is 5.69. The Morgan fingerprint density at radius 1 is 1.42 bits per heavy atom. The van der Waals surface area contributed by atoms with Gasteiger partial charge in [-0.25, -0.2) is 0 Å². The maximum atomic E-state index is 12.2. The van der Waals surface area contributed by atoms with Crippen LogP contribution in [0.3, 0.4) is 0 Å². The van der Waals surface area contributed by atoms with Gasteiger partial charge in [0.1, 0.15) is 12.6 Å². The van der Waals surface area contributed by atoms with Gasteiger partial charge in [0.25, 0.3) is 11.2 Å². The van der Waals surface area contributed by atoms with Crippen molar-refractivity contribution < 1.29 is 14.5 Å². The standard InChI is InChI=1S/C17H24N2O5/c1-11(2)14-6-4-12(3)8-15(14)24-17(21)10-18-9-13(19(22)23)5-7-16(18)20/h5,7,9,11-12,14-15H,4,6,8,10H2,1-3H3/t12-,14+,15+/m0/s1. The predicted octanol–water partition coefficient (Wildman–Crippen LogP) is 2.76. The van der Waals surface area contributed by atoms with Crippen LogP contribution in [0, 0.1) is 27.9 Å². The van der Waals surface area contributed by atoms with Crippen LogP contribution in [0.1, 0.15) is 40.0 Å². The largest absolute Gasteiger partial charge is 0.461 e. The average molecular weight is 336 g/mol. The van der Waals surface area contributed by atoms with E-state index in [0.29, 0.717) is 17.8 Å². The van der Waals surface area contributed by atoms with Crippen LogP contribution in [-0.4, -0.2) is 21.6 Å². The quantitative estimate of drug-likeness (QED) is 0.468. The smallest absolute Gasteiger partial charge is 0.326 e. The van der Waals surface area contributed by atoms with Crippen molar-refractivity contribution in [2.45, 2.75) is 52.7 Å². The summed E-state index contributed by atoms with van der Waals surface area (Å²) in [7, 11) is 0. The molecule has 1 aromatic heterocycles. The molecule has 132 valence electrons. The highest BCUT2D eigenvalue weighted by Crippen LogP contribution is 2.35. The minimum absolute atomic E-state index is 0.157. The number of aromatic nitrogens is 1. The Balaban J connectivity index is 2.08. The molecular formula is C17H24N2O5. The van der Waals surface area contributed by atoms with Crippen LogP contribution in [0.2, 0.25) is 0 Å². The van der Waals surface area contributed by atoms with Gasteiger partial charge in [0.15, 0.2) is 0 Å². The van der Waals surface area contributed by atoms with Gasteiger partial charge < -0.3 is 4.74 Å². The van der Waals surface area contributed by atoms with Gasteiger partial charge >= 0.3 is 5.97 Å². The summed E-state index contributed by atoms with van der Waals surface area (Å²) < 4.78 is 6.65. The number of ether oxygens (including phenoxy) is 1. The van der Waals surface area contributed by atoms with Crippen molar-refractivity contribution in [1.82, 2.24) is 4.57 Å². The Kier molecular flexibility index (Phi) is 5.75. The lowest BCUT2D eigenvalue weighted by molar-refractivity contribution is -0.385. The van der Waals surface area contributed by atoms with Crippen LogP contribution in [0.15, 0.2) is 23.1 Å². The second-order valence-electron chi connectivity index (χ2n) is 6.96. The fourth-order valence-corrected chi connectivity index (χ4v) is 3.35. The van der Waals surface area contributed by atoms with Crippen LogP contribution < -0.4 is 5.56 Å². The summed E-state index contributed by atoms with van der Waals surface area (Å²) in [6.45, 7) is 6.07. The molecule has 1 aliphatic carbocycles. The van der Waals surface area contributed by atoms with Gasteiger partial charge in [-0.1, -0.05) is 27.2 Å². The minimum atomic E-state index is -0.598. The number of hydrogen-bond donors (Lipinski definition) is 0. The topological polar surface area (TPSA) is 91.4 Å². The first-order valence-corrected chi connectivity index (χ1v) is 8.32. The number of pyridine rings is 1. The SMILES string of the molecule is CC(C)[C@H]1CC[C@H](C)C[C@H]1OC(=O)Cn1cc([N+](=O)[O-])ccc1=O. The van der Waals surface area contributed by atoms with E-state index in [0.717, 1.165) is 42.2 Å². The molecule has 3 atom stereocenters. The normalized spacial score (nSPS) is 23.9. The van der Waals surface area contributed by atoms with E-state index in [4.69, 9.17) is 4.74 Å². The number of nitrogens with zero attached hydrogens (tertiary/aromatic N) is 2. The van der Waals surface area contributed by atoms with E-state index < -0.39 is 16.5 Å². The molecule has 0 aliphatic heterocycles. The van der Waals surface area contributed by atoms with Crippen molar-refractivity contribution in [3.05, 3.63) is 38.8 Å². The van der Waals surface area contributed by atoms with Crippen molar-refractivity contribution >= 4 is 11.7 Å². The first-order valence-electron chi connectivity index (χ1n) is 8.32. The zero-order valence-corrected chi connectivity index (χ0v) is 14.3. The number of nitro groups is 1. The Labute approximate surface area is 140 Å². The fraction of sp³-hybridized carbons (Fsp3) is 0.647. The fourth-order valence-electron chi connectivity index (χ4n) is 3.35. The Bertz CT molecular complexity index is 667. The van der Waals surface area contributed by atoms with Crippen molar-refractivity contribution in [3.63, 3.8) is 0 Å². The van der Waals surface area contributed by atoms with Crippen molar-refractivity contribution in [2.24, 2.45) is 17.8 Å². The van der Waals surface area contributed by atoms with Crippen LogP contribution in [0.5, 0.6) is 0 Å². The third kappa shape index (κ3) is 4.43. The molecular weight excluding hydrogens is 312 g/mol. The zero-order valence-electron chi connectivity index (χ0n) is 14.3. The lowest BCUT2D eigenvalue weighted by Crippen LogP contribution is -2.37. The van der Waals surface area contributed by atoms with Crippen molar-refractivity contribution in [3.8, 4) is 0 Å². The number of esters is 1. The van der Waals surface area contributed by atoms with Crippen molar-refractivity contribution in [1.29, 1.82) is 0 Å². The van der Waals surface area contributed by atoms with Gasteiger partial charge in [-0.15, -0.1) is 0 Å². The molecule has 1 aliphatic rings. The summed E-state index contributed by atoms with van der Waals surface area (Å²) in [5.74, 6) is 0.698. The second-order valence-corrected chi connectivity index (χ2v) is 6.96. The molecule has 7 nitrogen and oxygen atoms in total. The van der Waals surface area contributed by atoms with E-state index in [1.165, 1.54) is 0 Å². The molecule has 0 unspecified atom stereocenters. The average Bonchev–Trinajstić information content (AvgIpc) is 2.48. The number of carbonyl (C=O) groups excluding carboxylic acids is 1. The van der Waals surface area contributed by atoms with Gasteiger partial charge in [-0.3, -0.25) is 24.3 Å². The molecule has 0 N–H and O–H groups in total. The van der Waals surface area contributed by atoms with E-state index in [-0.39, 0.29) is 18.3 Å². The summed E-state index contributed by atoms with van der Waals surface area (Å²) in [4.78, 5) is 34.2. The van der Waals surface area contributed by atoms with Crippen LogP contribution in [0.25, 0.3) is 0 Å². The molecule has 0 spiro atoms. The monoisotopic (exact) mass is 336 g/mol. The van der Waals surface area contributed by atoms with Gasteiger partial charge in [0.2, 0.25) is 0 Å². The number of carbonyl (C=O) groups is 1. The van der Waals surface area contributed by atoms with E-state index in [1.54, 1.807) is 0 Å². The van der Waals surface area contributed by atoms with Gasteiger partial charge in [0.05, 0.1) is 11.1 Å². The summed E-state index contributed by atoms with van der Waals surface area (Å²) in [5, 5.41) is 10.8. The highest BCUT2D eigenvalue weighted by atomic mass is 16.6. The summed E-state index contributed by atoms with van der Waals surface area (Å²) in [5.41, 5.74) is -0.691. The minimum Gasteiger partial charge on any atom is -0.461 e. The van der Waals surface area contributed by atoms with E-state index in [2.05, 4.69) is 20.8 Å². The first-order chi connectivity index (χ1) is 11.3. The zero-order chi connectivity index (χ0) is 17.9. The van der Waals surface area contributed by atoms with E-state index >= 15 is 0 Å². The molecule has 0 saturated heterocycles. The summed E-state index contributed by atoms with van der Waals surface area (Å²) >= 11 is 0. The molecule has 2 rings (SSSR count). The van der Waals surface area contributed by atoms with Crippen LogP contribution in [-0.2, 0) is 16.1 Å². The maximum Gasteiger partial charge on any atom is 0.326 e. The Hall–Kier alpha value is -2.18. The first kappa shape index (κ1) is 18.2. The molecule has 0 aromatic carbocycles. The lowest BCUT2D eigenvalue weighted by Gasteiger charge is -2.36. The Morgan fingerprint density at radius 3 is 2.75 bits per heavy atom. The van der Waals surface area contributed by atoms with Crippen molar-refractivity contribution in [2.75, 3.05) is 0 Å².